The molecule has 0 saturated carbocycles. The van der Waals surface area contributed by atoms with Gasteiger partial charge >= 0.3 is 12.1 Å². The predicted molar refractivity (Wildman–Crippen MR) is 163 cm³/mol. The van der Waals surface area contributed by atoms with Crippen LogP contribution in [0.3, 0.4) is 0 Å². The van der Waals surface area contributed by atoms with Crippen LogP contribution in [0.1, 0.15) is 97.3 Å². The van der Waals surface area contributed by atoms with Crippen molar-refractivity contribution in [3.8, 4) is 0 Å². The molecule has 0 aliphatic carbocycles. The molecule has 0 spiro atoms. The molecular weight excluding hydrogens is 572 g/mol. The third-order valence-electron chi connectivity index (χ3n) is 6.96. The molecule has 2 atom stereocenters. The van der Waals surface area contributed by atoms with Crippen molar-refractivity contribution >= 4 is 24.2 Å². The lowest BCUT2D eigenvalue weighted by Gasteiger charge is -2.46. The summed E-state index contributed by atoms with van der Waals surface area (Å²) in [5.74, 6) is -0.454. The predicted octanol–water partition coefficient (Wildman–Crippen LogP) is 4.34. The Labute approximate surface area is 261 Å². The first-order chi connectivity index (χ1) is 21.4. The molecule has 1 rings (SSSR count). The second-order valence-electron chi connectivity index (χ2n) is 10.7. The number of nitrogens with one attached hydrogen (secondary N) is 2. The number of rotatable bonds is 28. The zero-order valence-corrected chi connectivity index (χ0v) is 26.7. The van der Waals surface area contributed by atoms with Crippen LogP contribution in [-0.2, 0) is 33.5 Å². The number of aliphatic imine (C=N–C) groups is 2. The van der Waals surface area contributed by atoms with Crippen LogP contribution in [0.4, 0.5) is 4.79 Å². The van der Waals surface area contributed by atoms with Gasteiger partial charge in [-0.25, -0.2) is 24.2 Å². The monoisotopic (exact) mass is 625 g/mol. The minimum Gasteiger partial charge on any atom is -0.462 e. The molecule has 44 heavy (non-hydrogen) atoms. The SMILES string of the molecule is C=C(C)C(=O)OCCCOC(=O)NCCCCCC[N+]1(OCNC(CCCCC)N=C=O)OCN1CCCCCCN=C=O. The molecule has 0 aromatic heterocycles. The molecule has 14 nitrogen and oxygen atoms in total. The summed E-state index contributed by atoms with van der Waals surface area (Å²) >= 11 is 0. The number of amides is 1. The summed E-state index contributed by atoms with van der Waals surface area (Å²) in [6.45, 7) is 10.6. The van der Waals surface area contributed by atoms with E-state index < -0.39 is 12.1 Å². The second-order valence-corrected chi connectivity index (χ2v) is 10.7. The molecule has 1 aliphatic rings. The molecule has 1 saturated heterocycles. The zero-order chi connectivity index (χ0) is 32.3. The first kappa shape index (κ1) is 39.1. The van der Waals surface area contributed by atoms with Crippen molar-refractivity contribution in [2.75, 3.05) is 52.9 Å². The van der Waals surface area contributed by atoms with Crippen molar-refractivity contribution in [1.82, 2.24) is 15.6 Å². The Balaban J connectivity index is 2.39. The van der Waals surface area contributed by atoms with Crippen LogP contribution in [-0.4, -0.2) is 93.2 Å². The molecule has 2 unspecified atom stereocenters. The van der Waals surface area contributed by atoms with Crippen LogP contribution in [0, 0.1) is 0 Å². The Morgan fingerprint density at radius 1 is 0.977 bits per heavy atom. The van der Waals surface area contributed by atoms with Gasteiger partial charge in [-0.15, -0.1) is 9.68 Å². The minimum absolute atomic E-state index is 0.0405. The fourth-order valence-electron chi connectivity index (χ4n) is 4.40. The molecule has 0 aromatic rings. The highest BCUT2D eigenvalue weighted by Gasteiger charge is 2.50. The van der Waals surface area contributed by atoms with Gasteiger partial charge in [-0.1, -0.05) is 50.6 Å². The topological polar surface area (TPSA) is 157 Å². The number of ether oxygens (including phenoxy) is 2. The number of alkyl carbamates (subject to hydrolysis) is 1. The van der Waals surface area contributed by atoms with Crippen molar-refractivity contribution in [2.45, 2.75) is 103 Å². The van der Waals surface area contributed by atoms with E-state index in [4.69, 9.17) is 19.1 Å². The first-order valence-electron chi connectivity index (χ1n) is 15.9. The maximum absolute atomic E-state index is 11.8. The fourth-order valence-corrected chi connectivity index (χ4v) is 4.40. The van der Waals surface area contributed by atoms with E-state index in [0.29, 0.717) is 38.4 Å². The van der Waals surface area contributed by atoms with Gasteiger partial charge in [-0.3, -0.25) is 5.32 Å². The minimum atomic E-state index is -0.491. The zero-order valence-electron chi connectivity index (χ0n) is 26.7. The summed E-state index contributed by atoms with van der Waals surface area (Å²) in [4.78, 5) is 63.8. The maximum atomic E-state index is 11.8. The average molecular weight is 626 g/mol. The third kappa shape index (κ3) is 18.0. The number of quaternary nitrogens is 1. The number of esters is 1. The van der Waals surface area contributed by atoms with Gasteiger partial charge in [-0.2, -0.15) is 4.99 Å². The molecule has 2 N–H and O–H groups in total. The number of isocyanates is 2. The van der Waals surface area contributed by atoms with E-state index in [9.17, 15) is 19.2 Å². The molecular formula is C30H53N6O8+. The number of hydroxylamine groups is 2. The number of hydrogen-bond donors (Lipinski definition) is 2. The summed E-state index contributed by atoms with van der Waals surface area (Å²) < 4.78 is 10.1. The molecule has 1 heterocycles. The van der Waals surface area contributed by atoms with Crippen LogP contribution >= 0.6 is 0 Å². The number of unbranched alkanes of at least 4 members (excludes halogenated alkanes) is 8. The summed E-state index contributed by atoms with van der Waals surface area (Å²) in [6.07, 6.45) is 13.9. The molecule has 1 amide bonds. The van der Waals surface area contributed by atoms with Crippen molar-refractivity contribution < 1.29 is 43.2 Å². The summed E-state index contributed by atoms with van der Waals surface area (Å²) in [5.41, 5.74) is 0.332. The van der Waals surface area contributed by atoms with E-state index in [2.05, 4.69) is 39.1 Å². The fraction of sp³-hybridized carbons (Fsp3) is 0.800. The molecule has 0 bridgehead atoms. The summed E-state index contributed by atoms with van der Waals surface area (Å²) in [7, 11) is 0. The van der Waals surface area contributed by atoms with E-state index in [-0.39, 0.29) is 31.0 Å². The average Bonchev–Trinajstić information content (AvgIpc) is 3.00. The number of hydrogen-bond acceptors (Lipinski definition) is 12. The second kappa shape index (κ2) is 25.4. The summed E-state index contributed by atoms with van der Waals surface area (Å²) in [5, 5.41) is 8.06. The van der Waals surface area contributed by atoms with E-state index in [0.717, 1.165) is 83.6 Å². The van der Waals surface area contributed by atoms with Gasteiger partial charge in [-0.05, 0) is 45.4 Å². The highest BCUT2D eigenvalue weighted by molar-refractivity contribution is 5.86. The standard InChI is InChI=1S/C30H52N6O8/c1-4-5-10-16-28(33-24-38)34-25-43-36(35(26-44-36)19-13-8-6-11-17-31-23-37)20-14-9-7-12-18-32-30(40)42-22-15-21-41-29(39)27(2)3/h28,34H,2,4-22,25-26H2,1,3H3/p+1. The van der Waals surface area contributed by atoms with Gasteiger partial charge in [0.05, 0.1) is 26.3 Å². The van der Waals surface area contributed by atoms with Crippen molar-refractivity contribution in [3.63, 3.8) is 0 Å². The third-order valence-corrected chi connectivity index (χ3v) is 6.96. The number of carbonyl (C=O) groups is 2. The van der Waals surface area contributed by atoms with Crippen LogP contribution in [0.2, 0.25) is 0 Å². The van der Waals surface area contributed by atoms with Crippen LogP contribution < -0.4 is 10.6 Å². The van der Waals surface area contributed by atoms with Crippen LogP contribution in [0.5, 0.6) is 0 Å². The lowest BCUT2D eigenvalue weighted by molar-refractivity contribution is -1.37. The first-order valence-corrected chi connectivity index (χ1v) is 15.9. The van der Waals surface area contributed by atoms with Gasteiger partial charge in [0, 0.05) is 29.9 Å². The van der Waals surface area contributed by atoms with Crippen LogP contribution in [0.15, 0.2) is 22.1 Å². The lowest BCUT2D eigenvalue weighted by atomic mass is 10.2. The van der Waals surface area contributed by atoms with E-state index in [1.165, 1.54) is 0 Å². The van der Waals surface area contributed by atoms with Gasteiger partial charge in [0.25, 0.3) is 0 Å². The number of nitrogens with zero attached hydrogens (tertiary/aromatic N) is 4. The van der Waals surface area contributed by atoms with E-state index >= 15 is 0 Å². The van der Waals surface area contributed by atoms with E-state index in [1.807, 2.05) is 0 Å². The van der Waals surface area contributed by atoms with Gasteiger partial charge in [0.2, 0.25) is 18.9 Å². The van der Waals surface area contributed by atoms with Crippen molar-refractivity contribution in [2.24, 2.45) is 9.98 Å². The molecule has 0 radical (unpaired) electrons. The maximum Gasteiger partial charge on any atom is 0.407 e. The normalized spacial score (nSPS) is 16.6. The highest BCUT2D eigenvalue weighted by atomic mass is 17.1. The van der Waals surface area contributed by atoms with Crippen molar-refractivity contribution in [3.05, 3.63) is 12.2 Å². The Kier molecular flexibility index (Phi) is 22.5. The van der Waals surface area contributed by atoms with Crippen molar-refractivity contribution in [1.29, 1.82) is 0 Å². The Hall–Kier alpha value is -2.96. The quantitative estimate of drug-likeness (QED) is 0.0244. The highest BCUT2D eigenvalue weighted by Crippen LogP contribution is 2.27. The van der Waals surface area contributed by atoms with E-state index in [1.54, 1.807) is 19.1 Å². The Morgan fingerprint density at radius 3 is 2.43 bits per heavy atom. The molecule has 14 heteroatoms. The molecule has 1 fully saturated rings. The van der Waals surface area contributed by atoms with Crippen LogP contribution in [0.25, 0.3) is 0 Å². The Bertz CT molecular complexity index is 925. The molecule has 1 aliphatic heterocycles. The number of carbonyl (C=O) groups excluding carboxylic acids is 4. The molecule has 250 valence electrons. The Morgan fingerprint density at radius 2 is 1.73 bits per heavy atom. The largest absolute Gasteiger partial charge is 0.462 e. The molecule has 0 aromatic carbocycles. The van der Waals surface area contributed by atoms with Gasteiger partial charge < -0.3 is 14.8 Å². The van der Waals surface area contributed by atoms with Gasteiger partial charge in [0.15, 0.2) is 13.3 Å². The smallest absolute Gasteiger partial charge is 0.407 e. The lowest BCUT2D eigenvalue weighted by Crippen LogP contribution is -2.71. The summed E-state index contributed by atoms with van der Waals surface area (Å²) in [6, 6.07) is 0. The van der Waals surface area contributed by atoms with Gasteiger partial charge in [0.1, 0.15) is 6.17 Å².